The number of ether oxygens (including phenoxy) is 1. The number of nitrogens with zero attached hydrogens (tertiary/aromatic N) is 1. The first-order valence-corrected chi connectivity index (χ1v) is 6.25. The Hall–Kier alpha value is -0.420. The quantitative estimate of drug-likeness (QED) is 0.822. The summed E-state index contributed by atoms with van der Waals surface area (Å²) in [5, 5.41) is 0. The minimum absolute atomic E-state index is 0.290. The number of rotatable bonds is 3. The molecule has 0 radical (unpaired) electrons. The van der Waals surface area contributed by atoms with Gasteiger partial charge in [-0.3, -0.25) is 4.57 Å². The van der Waals surface area contributed by atoms with Crippen molar-refractivity contribution in [2.45, 2.75) is 6.16 Å². The van der Waals surface area contributed by atoms with Gasteiger partial charge in [0.15, 0.2) is 0 Å². The molecule has 1 aromatic rings. The van der Waals surface area contributed by atoms with Crippen molar-refractivity contribution in [2.75, 3.05) is 7.11 Å². The summed E-state index contributed by atoms with van der Waals surface area (Å²) in [6.45, 7) is 0. The van der Waals surface area contributed by atoms with Gasteiger partial charge in [0.2, 0.25) is 5.88 Å². The number of hydrogen-bond donors (Lipinski definition) is 2. The molecule has 0 amide bonds. The van der Waals surface area contributed by atoms with Crippen molar-refractivity contribution in [3.05, 3.63) is 22.3 Å². The van der Waals surface area contributed by atoms with Crippen molar-refractivity contribution in [1.29, 1.82) is 0 Å². The Balaban J connectivity index is 3.01. The Morgan fingerprint density at radius 2 is 2.21 bits per heavy atom. The molecule has 0 unspecified atom stereocenters. The van der Waals surface area contributed by atoms with Gasteiger partial charge in [0.1, 0.15) is 0 Å². The van der Waals surface area contributed by atoms with Crippen molar-refractivity contribution < 1.29 is 19.1 Å². The highest BCUT2D eigenvalue weighted by atomic mass is 79.9. The average molecular weight is 282 g/mol. The van der Waals surface area contributed by atoms with E-state index in [0.717, 1.165) is 0 Å². The van der Waals surface area contributed by atoms with Crippen LogP contribution < -0.4 is 4.74 Å². The van der Waals surface area contributed by atoms with E-state index in [2.05, 4.69) is 20.9 Å². The van der Waals surface area contributed by atoms with Crippen molar-refractivity contribution in [3.63, 3.8) is 0 Å². The second kappa shape index (κ2) is 4.40. The Labute approximate surface area is 89.4 Å². The normalized spacial score (nSPS) is 11.4. The van der Waals surface area contributed by atoms with Gasteiger partial charge in [0.25, 0.3) is 0 Å². The molecule has 0 atom stereocenters. The van der Waals surface area contributed by atoms with Crippen LogP contribution in [0, 0.1) is 0 Å². The highest BCUT2D eigenvalue weighted by Crippen LogP contribution is 2.40. The van der Waals surface area contributed by atoms with Gasteiger partial charge in [-0.1, -0.05) is 0 Å². The summed E-state index contributed by atoms with van der Waals surface area (Å²) in [7, 11) is -2.65. The molecule has 1 heterocycles. The van der Waals surface area contributed by atoms with E-state index in [1.54, 1.807) is 12.1 Å². The van der Waals surface area contributed by atoms with Crippen molar-refractivity contribution in [2.24, 2.45) is 0 Å². The monoisotopic (exact) mass is 281 g/mol. The first-order valence-electron chi connectivity index (χ1n) is 3.66. The van der Waals surface area contributed by atoms with E-state index in [4.69, 9.17) is 14.5 Å². The highest BCUT2D eigenvalue weighted by Gasteiger charge is 2.17. The van der Waals surface area contributed by atoms with Gasteiger partial charge in [-0.05, 0) is 22.0 Å². The molecule has 7 heteroatoms. The molecule has 1 rings (SSSR count). The maximum Gasteiger partial charge on any atom is 0.331 e. The zero-order valence-electron chi connectivity index (χ0n) is 7.35. The van der Waals surface area contributed by atoms with Crippen LogP contribution in [0.2, 0.25) is 0 Å². The van der Waals surface area contributed by atoms with Crippen LogP contribution in [-0.2, 0) is 10.7 Å². The van der Waals surface area contributed by atoms with E-state index in [1.807, 2.05) is 0 Å². The summed E-state index contributed by atoms with van der Waals surface area (Å²) in [5.74, 6) is 0.330. The Morgan fingerprint density at radius 1 is 1.57 bits per heavy atom. The van der Waals surface area contributed by atoms with Gasteiger partial charge >= 0.3 is 7.60 Å². The second-order valence-corrected chi connectivity index (χ2v) is 5.10. The van der Waals surface area contributed by atoms with E-state index in [1.165, 1.54) is 7.11 Å². The van der Waals surface area contributed by atoms with E-state index in [9.17, 15) is 4.57 Å². The molecule has 0 saturated carbocycles. The van der Waals surface area contributed by atoms with Crippen molar-refractivity contribution >= 4 is 23.5 Å². The lowest BCUT2D eigenvalue weighted by Gasteiger charge is -2.06. The Morgan fingerprint density at radius 3 is 2.71 bits per heavy atom. The van der Waals surface area contributed by atoms with Gasteiger partial charge < -0.3 is 14.5 Å². The molecule has 0 aromatic carbocycles. The molecule has 0 fully saturated rings. The fourth-order valence-corrected chi connectivity index (χ4v) is 2.09. The molecule has 0 spiro atoms. The average Bonchev–Trinajstić information content (AvgIpc) is 2.06. The van der Waals surface area contributed by atoms with Gasteiger partial charge in [-0.2, -0.15) is 0 Å². The summed E-state index contributed by atoms with van der Waals surface area (Å²) in [6, 6.07) is 3.24. The van der Waals surface area contributed by atoms with Crippen LogP contribution >= 0.6 is 23.5 Å². The number of hydrogen-bond acceptors (Lipinski definition) is 3. The molecule has 0 saturated heterocycles. The molecule has 78 valence electrons. The molecule has 2 N–H and O–H groups in total. The predicted octanol–water partition coefficient (Wildman–Crippen LogP) is 1.53. The standard InChI is InChI=1S/C7H9BrNO4P/c1-13-7-3-2-5(8)6(9-7)4-14(10,11)12/h2-3H,4H2,1H3,(H2,10,11,12). The lowest BCUT2D eigenvalue weighted by Crippen LogP contribution is -1.96. The molecular formula is C7H9BrNO4P. The van der Waals surface area contributed by atoms with Crippen LogP contribution in [0.1, 0.15) is 5.69 Å². The predicted molar refractivity (Wildman–Crippen MR) is 54.2 cm³/mol. The highest BCUT2D eigenvalue weighted by molar-refractivity contribution is 9.10. The van der Waals surface area contributed by atoms with Crippen LogP contribution in [0.5, 0.6) is 5.88 Å². The van der Waals surface area contributed by atoms with E-state index < -0.39 is 13.8 Å². The minimum Gasteiger partial charge on any atom is -0.481 e. The summed E-state index contributed by atoms with van der Waals surface area (Å²) in [5.41, 5.74) is 0.290. The SMILES string of the molecule is COc1ccc(Br)c(CP(=O)(O)O)n1. The van der Waals surface area contributed by atoms with Crippen LogP contribution in [0.25, 0.3) is 0 Å². The third-order valence-electron chi connectivity index (χ3n) is 1.46. The summed E-state index contributed by atoms with van der Waals surface area (Å²) in [4.78, 5) is 21.5. The third-order valence-corrected chi connectivity index (χ3v) is 2.89. The zero-order valence-corrected chi connectivity index (χ0v) is 9.83. The van der Waals surface area contributed by atoms with E-state index in [-0.39, 0.29) is 5.69 Å². The molecule has 0 bridgehead atoms. The lowest BCUT2D eigenvalue weighted by atomic mass is 10.4. The Kier molecular flexibility index (Phi) is 3.66. The van der Waals surface area contributed by atoms with Gasteiger partial charge in [0.05, 0.1) is 19.0 Å². The molecule has 14 heavy (non-hydrogen) atoms. The van der Waals surface area contributed by atoms with E-state index >= 15 is 0 Å². The maximum absolute atomic E-state index is 10.7. The molecule has 1 aromatic heterocycles. The van der Waals surface area contributed by atoms with Crippen molar-refractivity contribution in [1.82, 2.24) is 4.98 Å². The van der Waals surface area contributed by atoms with Crippen molar-refractivity contribution in [3.8, 4) is 5.88 Å². The molecule has 5 nitrogen and oxygen atoms in total. The first kappa shape index (κ1) is 11.7. The molecule has 0 aliphatic carbocycles. The smallest absolute Gasteiger partial charge is 0.331 e. The van der Waals surface area contributed by atoms with Crippen LogP contribution in [0.3, 0.4) is 0 Å². The summed E-state index contributed by atoms with van der Waals surface area (Å²) >= 11 is 3.15. The lowest BCUT2D eigenvalue weighted by molar-refractivity contribution is 0.369. The number of methoxy groups -OCH3 is 1. The minimum atomic E-state index is -4.09. The Bertz CT molecular complexity index is 378. The van der Waals surface area contributed by atoms with Gasteiger partial charge in [-0.25, -0.2) is 4.98 Å². The van der Waals surface area contributed by atoms with Crippen LogP contribution in [0.4, 0.5) is 0 Å². The van der Waals surface area contributed by atoms with E-state index in [0.29, 0.717) is 10.4 Å². The fourth-order valence-electron chi connectivity index (χ4n) is 0.884. The fraction of sp³-hybridized carbons (Fsp3) is 0.286. The van der Waals surface area contributed by atoms with Gasteiger partial charge in [0, 0.05) is 10.5 Å². The largest absolute Gasteiger partial charge is 0.481 e. The maximum atomic E-state index is 10.7. The summed E-state index contributed by atoms with van der Waals surface area (Å²) < 4.78 is 16.1. The number of aromatic nitrogens is 1. The number of pyridine rings is 1. The summed E-state index contributed by atoms with van der Waals surface area (Å²) in [6.07, 6.45) is -0.398. The van der Waals surface area contributed by atoms with Crippen LogP contribution in [-0.4, -0.2) is 21.9 Å². The van der Waals surface area contributed by atoms with Crippen LogP contribution in [0.15, 0.2) is 16.6 Å². The zero-order chi connectivity index (χ0) is 10.8. The second-order valence-electron chi connectivity index (χ2n) is 2.60. The third kappa shape index (κ3) is 3.38. The molecular weight excluding hydrogens is 273 g/mol. The van der Waals surface area contributed by atoms with Gasteiger partial charge in [-0.15, -0.1) is 0 Å². The molecule has 0 aliphatic rings. The topological polar surface area (TPSA) is 79.7 Å². The first-order chi connectivity index (χ1) is 6.42. The number of halogens is 1. The molecule has 0 aliphatic heterocycles.